The first-order valence-corrected chi connectivity index (χ1v) is 11.1. The molecular weight excluding hydrogens is 344 g/mol. The number of ether oxygens (including phenoxy) is 2. The van der Waals surface area contributed by atoms with Crippen LogP contribution in [0.4, 0.5) is 0 Å². The summed E-state index contributed by atoms with van der Waals surface area (Å²) < 4.78 is 10.9. The standard InChI is InChI=1S/C22H42O5/c1-2-3-4-5-6-7-8-9-10-11-12-13-14-15-16-26-20-18-27-22(21(20)25)19(24)17-23/h13-14,19-25H,2-12,15-18H2,1H3/b14-13+/t19-,20+,21-,22-/m1/s1. The van der Waals surface area contributed by atoms with E-state index in [2.05, 4.69) is 19.1 Å². The molecule has 0 aromatic heterocycles. The van der Waals surface area contributed by atoms with Gasteiger partial charge in [-0.3, -0.25) is 0 Å². The maximum Gasteiger partial charge on any atom is 0.114 e. The Balaban J connectivity index is 1.88. The lowest BCUT2D eigenvalue weighted by Crippen LogP contribution is -2.41. The van der Waals surface area contributed by atoms with E-state index >= 15 is 0 Å². The van der Waals surface area contributed by atoms with E-state index in [1.165, 1.54) is 64.2 Å². The minimum absolute atomic E-state index is 0.255. The Kier molecular flexibility index (Phi) is 15.0. The third-order valence-corrected chi connectivity index (χ3v) is 5.24. The van der Waals surface area contributed by atoms with Crippen molar-refractivity contribution in [2.24, 2.45) is 0 Å². The molecule has 27 heavy (non-hydrogen) atoms. The van der Waals surface area contributed by atoms with Gasteiger partial charge >= 0.3 is 0 Å². The van der Waals surface area contributed by atoms with Gasteiger partial charge in [0.1, 0.15) is 24.4 Å². The van der Waals surface area contributed by atoms with Crippen LogP contribution in [0.5, 0.6) is 0 Å². The quantitative estimate of drug-likeness (QED) is 0.262. The molecule has 0 amide bonds. The monoisotopic (exact) mass is 386 g/mol. The minimum atomic E-state index is -1.06. The van der Waals surface area contributed by atoms with Gasteiger partial charge in [0, 0.05) is 0 Å². The molecule has 0 aromatic rings. The van der Waals surface area contributed by atoms with Crippen molar-refractivity contribution in [3.63, 3.8) is 0 Å². The molecule has 0 aliphatic carbocycles. The molecule has 0 bridgehead atoms. The van der Waals surface area contributed by atoms with Gasteiger partial charge in [-0.2, -0.15) is 0 Å². The Morgan fingerprint density at radius 3 is 2.19 bits per heavy atom. The molecule has 1 fully saturated rings. The summed E-state index contributed by atoms with van der Waals surface area (Å²) in [4.78, 5) is 0. The third-order valence-electron chi connectivity index (χ3n) is 5.24. The summed E-state index contributed by atoms with van der Waals surface area (Å²) >= 11 is 0. The lowest BCUT2D eigenvalue weighted by molar-refractivity contribution is -0.0726. The van der Waals surface area contributed by atoms with E-state index in [1.54, 1.807) is 0 Å². The predicted molar refractivity (Wildman–Crippen MR) is 109 cm³/mol. The lowest BCUT2D eigenvalue weighted by atomic mass is 10.1. The van der Waals surface area contributed by atoms with Crippen molar-refractivity contribution in [1.82, 2.24) is 0 Å². The van der Waals surface area contributed by atoms with Crippen LogP contribution in [0.15, 0.2) is 12.2 Å². The zero-order valence-electron chi connectivity index (χ0n) is 17.2. The van der Waals surface area contributed by atoms with E-state index in [1.807, 2.05) is 0 Å². The Morgan fingerprint density at radius 2 is 1.56 bits per heavy atom. The van der Waals surface area contributed by atoms with Crippen LogP contribution in [0.1, 0.15) is 84.0 Å². The molecule has 1 aliphatic rings. The van der Waals surface area contributed by atoms with Crippen LogP contribution in [-0.2, 0) is 9.47 Å². The second-order valence-corrected chi connectivity index (χ2v) is 7.68. The van der Waals surface area contributed by atoms with Crippen molar-refractivity contribution < 1.29 is 24.8 Å². The topological polar surface area (TPSA) is 79.2 Å². The van der Waals surface area contributed by atoms with E-state index in [-0.39, 0.29) is 6.61 Å². The molecule has 5 nitrogen and oxygen atoms in total. The molecule has 5 heteroatoms. The molecular formula is C22H42O5. The fourth-order valence-electron chi connectivity index (χ4n) is 3.48. The first-order valence-electron chi connectivity index (χ1n) is 11.1. The zero-order chi connectivity index (χ0) is 19.7. The normalized spacial score (nSPS) is 24.1. The van der Waals surface area contributed by atoms with Crippen LogP contribution in [0.2, 0.25) is 0 Å². The predicted octanol–water partition coefficient (Wildman–Crippen LogP) is 3.74. The number of unbranched alkanes of at least 4 members (excludes halogenated alkanes) is 10. The summed E-state index contributed by atoms with van der Waals surface area (Å²) in [5.74, 6) is 0. The summed E-state index contributed by atoms with van der Waals surface area (Å²) in [6.07, 6.45) is 16.8. The Bertz CT molecular complexity index is 361. The van der Waals surface area contributed by atoms with E-state index in [0.717, 1.165) is 12.8 Å². The van der Waals surface area contributed by atoms with Crippen LogP contribution in [0, 0.1) is 0 Å². The lowest BCUT2D eigenvalue weighted by Gasteiger charge is -2.20. The van der Waals surface area contributed by atoms with Gasteiger partial charge in [-0.25, -0.2) is 0 Å². The van der Waals surface area contributed by atoms with Crippen molar-refractivity contribution in [2.75, 3.05) is 19.8 Å². The maximum atomic E-state index is 10.0. The highest BCUT2D eigenvalue weighted by Gasteiger charge is 2.40. The van der Waals surface area contributed by atoms with Gasteiger partial charge in [0.2, 0.25) is 0 Å². The molecule has 3 N–H and O–H groups in total. The molecule has 160 valence electrons. The highest BCUT2D eigenvalue weighted by atomic mass is 16.6. The highest BCUT2D eigenvalue weighted by molar-refractivity contribution is 4.89. The third kappa shape index (κ3) is 11.2. The Hall–Kier alpha value is -0.460. The average Bonchev–Trinajstić information content (AvgIpc) is 3.04. The van der Waals surface area contributed by atoms with Crippen LogP contribution in [-0.4, -0.2) is 59.6 Å². The summed E-state index contributed by atoms with van der Waals surface area (Å²) in [5, 5.41) is 28.5. The fourth-order valence-corrected chi connectivity index (χ4v) is 3.48. The first kappa shape index (κ1) is 24.6. The molecule has 4 atom stereocenters. The fraction of sp³-hybridized carbons (Fsp3) is 0.909. The largest absolute Gasteiger partial charge is 0.394 e. The van der Waals surface area contributed by atoms with E-state index in [9.17, 15) is 10.2 Å². The minimum Gasteiger partial charge on any atom is -0.394 e. The van der Waals surface area contributed by atoms with Crippen LogP contribution < -0.4 is 0 Å². The van der Waals surface area contributed by atoms with E-state index in [0.29, 0.717) is 6.61 Å². The van der Waals surface area contributed by atoms with Crippen molar-refractivity contribution in [3.05, 3.63) is 12.2 Å². The van der Waals surface area contributed by atoms with Gasteiger partial charge in [-0.1, -0.05) is 76.9 Å². The molecule has 1 heterocycles. The van der Waals surface area contributed by atoms with E-state index < -0.39 is 31.0 Å². The van der Waals surface area contributed by atoms with E-state index in [4.69, 9.17) is 14.6 Å². The smallest absolute Gasteiger partial charge is 0.114 e. The molecule has 0 saturated carbocycles. The van der Waals surface area contributed by atoms with Gasteiger partial charge in [0.15, 0.2) is 0 Å². The van der Waals surface area contributed by atoms with Gasteiger partial charge in [-0.05, 0) is 19.3 Å². The van der Waals surface area contributed by atoms with Gasteiger partial charge in [-0.15, -0.1) is 0 Å². The van der Waals surface area contributed by atoms with Crippen molar-refractivity contribution in [3.8, 4) is 0 Å². The number of allylic oxidation sites excluding steroid dienone is 1. The van der Waals surface area contributed by atoms with Crippen LogP contribution in [0.3, 0.4) is 0 Å². The number of hydrogen-bond donors (Lipinski definition) is 3. The van der Waals surface area contributed by atoms with Crippen molar-refractivity contribution in [2.45, 2.75) is 108 Å². The Morgan fingerprint density at radius 1 is 0.963 bits per heavy atom. The zero-order valence-corrected chi connectivity index (χ0v) is 17.2. The molecule has 1 rings (SSSR count). The second kappa shape index (κ2) is 16.5. The number of aliphatic hydroxyl groups is 3. The molecule has 1 aliphatic heterocycles. The molecule has 0 unspecified atom stereocenters. The Labute approximate surface area is 165 Å². The van der Waals surface area contributed by atoms with Crippen LogP contribution >= 0.6 is 0 Å². The second-order valence-electron chi connectivity index (χ2n) is 7.68. The highest BCUT2D eigenvalue weighted by Crippen LogP contribution is 2.20. The summed E-state index contributed by atoms with van der Waals surface area (Å²) in [5.41, 5.74) is 0. The maximum absolute atomic E-state index is 10.0. The van der Waals surface area contributed by atoms with Crippen LogP contribution in [0.25, 0.3) is 0 Å². The van der Waals surface area contributed by atoms with Gasteiger partial charge in [0.25, 0.3) is 0 Å². The van der Waals surface area contributed by atoms with Gasteiger partial charge in [0.05, 0.1) is 19.8 Å². The van der Waals surface area contributed by atoms with Gasteiger partial charge < -0.3 is 24.8 Å². The molecule has 0 aromatic carbocycles. The molecule has 0 radical (unpaired) electrons. The average molecular weight is 387 g/mol. The SMILES string of the molecule is CCCCCCCCCCCC/C=C/CCO[C@H]1CO[C@H]([C@H](O)CO)[C@@H]1O. The van der Waals surface area contributed by atoms with Crippen molar-refractivity contribution >= 4 is 0 Å². The summed E-state index contributed by atoms with van der Waals surface area (Å²) in [6.45, 7) is 2.63. The first-order chi connectivity index (χ1) is 13.2. The summed E-state index contributed by atoms with van der Waals surface area (Å²) in [6, 6.07) is 0. The number of aliphatic hydroxyl groups excluding tert-OH is 3. The van der Waals surface area contributed by atoms with Crippen molar-refractivity contribution in [1.29, 1.82) is 0 Å². The number of hydrogen-bond acceptors (Lipinski definition) is 5. The number of rotatable bonds is 17. The molecule has 1 saturated heterocycles. The summed E-state index contributed by atoms with van der Waals surface area (Å²) in [7, 11) is 0. The molecule has 0 spiro atoms.